The minimum atomic E-state index is -0.210. The van der Waals surface area contributed by atoms with Crippen molar-refractivity contribution in [2.45, 2.75) is 37.8 Å². The Morgan fingerprint density at radius 1 is 1.20 bits per heavy atom. The molecule has 1 aromatic heterocycles. The van der Waals surface area contributed by atoms with Gasteiger partial charge < -0.3 is 15.5 Å². The van der Waals surface area contributed by atoms with Gasteiger partial charge in [0.05, 0.1) is 11.7 Å². The smallest absolute Gasteiger partial charge is 0.322 e. The lowest BCUT2D eigenvalue weighted by Crippen LogP contribution is -2.63. The summed E-state index contributed by atoms with van der Waals surface area (Å²) in [7, 11) is 0. The summed E-state index contributed by atoms with van der Waals surface area (Å²) in [4.78, 5) is 26.3. The summed E-state index contributed by atoms with van der Waals surface area (Å²) in [6.45, 7) is 0.123. The van der Waals surface area contributed by atoms with Gasteiger partial charge >= 0.3 is 6.03 Å². The van der Waals surface area contributed by atoms with Gasteiger partial charge in [-0.25, -0.2) is 9.48 Å². The predicted molar refractivity (Wildman–Crippen MR) is 93.5 cm³/mol. The highest BCUT2D eigenvalue weighted by atomic mass is 16.2. The Balaban J connectivity index is 1.46. The highest BCUT2D eigenvalue weighted by Gasteiger charge is 2.38. The van der Waals surface area contributed by atoms with E-state index in [0.29, 0.717) is 5.69 Å². The van der Waals surface area contributed by atoms with Crippen LogP contribution in [-0.4, -0.2) is 45.2 Å². The van der Waals surface area contributed by atoms with Crippen LogP contribution in [0.5, 0.6) is 0 Å². The van der Waals surface area contributed by atoms with Crippen molar-refractivity contribution in [3.8, 4) is 5.69 Å². The van der Waals surface area contributed by atoms with Gasteiger partial charge in [-0.3, -0.25) is 4.79 Å². The molecule has 0 unspecified atom stereocenters. The van der Waals surface area contributed by atoms with Crippen molar-refractivity contribution >= 4 is 17.6 Å². The number of benzene rings is 1. The van der Waals surface area contributed by atoms with E-state index in [4.69, 9.17) is 0 Å². The van der Waals surface area contributed by atoms with Crippen LogP contribution in [0.4, 0.5) is 10.5 Å². The Morgan fingerprint density at radius 2 is 2.00 bits per heavy atom. The number of rotatable bonds is 2. The van der Waals surface area contributed by atoms with E-state index in [-0.39, 0.29) is 30.6 Å². The molecule has 0 spiro atoms. The van der Waals surface area contributed by atoms with Crippen LogP contribution in [0, 0.1) is 0 Å². The summed E-state index contributed by atoms with van der Waals surface area (Å²) in [5, 5.41) is 10.1. The van der Waals surface area contributed by atoms with Crippen molar-refractivity contribution in [3.63, 3.8) is 0 Å². The fourth-order valence-corrected chi connectivity index (χ4v) is 3.71. The number of amides is 3. The molecule has 1 aromatic carbocycles. The molecule has 2 atom stereocenters. The Kier molecular flexibility index (Phi) is 4.13. The predicted octanol–water partition coefficient (Wildman–Crippen LogP) is 2.15. The van der Waals surface area contributed by atoms with Gasteiger partial charge in [-0.2, -0.15) is 5.10 Å². The van der Waals surface area contributed by atoms with E-state index >= 15 is 0 Å². The molecule has 2 fully saturated rings. The molecular formula is C18H21N5O2. The second kappa shape index (κ2) is 6.58. The molecule has 3 amide bonds. The molecule has 130 valence electrons. The van der Waals surface area contributed by atoms with Crippen LogP contribution in [0.1, 0.15) is 25.7 Å². The van der Waals surface area contributed by atoms with Crippen molar-refractivity contribution in [1.29, 1.82) is 0 Å². The maximum Gasteiger partial charge on any atom is 0.322 e. The fraction of sp³-hybridized carbons (Fsp3) is 0.389. The van der Waals surface area contributed by atoms with E-state index in [1.54, 1.807) is 15.8 Å². The third kappa shape index (κ3) is 3.22. The van der Waals surface area contributed by atoms with E-state index in [1.807, 2.05) is 36.5 Å². The minimum Gasteiger partial charge on any atom is -0.350 e. The fourth-order valence-electron chi connectivity index (χ4n) is 3.71. The van der Waals surface area contributed by atoms with Crippen molar-refractivity contribution in [2.24, 2.45) is 0 Å². The standard InChI is InChI=1S/C18H21N5O2/c24-17-12-22(16-5-2-1-4-15(16)21-17)18(25)20-13-6-8-14(9-7-13)23-11-3-10-19-23/h3,6-11,15-16H,1-2,4-5,12H2,(H,20,25)(H,21,24)/t15-,16+/m0/s1. The number of anilines is 1. The molecule has 0 radical (unpaired) electrons. The van der Waals surface area contributed by atoms with Gasteiger partial charge in [-0.1, -0.05) is 12.8 Å². The Hall–Kier alpha value is -2.83. The van der Waals surface area contributed by atoms with Crippen molar-refractivity contribution in [2.75, 3.05) is 11.9 Å². The highest BCUT2D eigenvalue weighted by molar-refractivity contribution is 5.93. The van der Waals surface area contributed by atoms with Crippen molar-refractivity contribution < 1.29 is 9.59 Å². The number of aromatic nitrogens is 2. The van der Waals surface area contributed by atoms with Gasteiger partial charge in [0.25, 0.3) is 0 Å². The van der Waals surface area contributed by atoms with E-state index in [1.165, 1.54) is 0 Å². The van der Waals surface area contributed by atoms with E-state index < -0.39 is 0 Å². The molecule has 2 aromatic rings. The first-order valence-corrected chi connectivity index (χ1v) is 8.68. The normalized spacial score (nSPS) is 22.9. The molecule has 0 bridgehead atoms. The summed E-state index contributed by atoms with van der Waals surface area (Å²) in [6.07, 6.45) is 7.67. The van der Waals surface area contributed by atoms with E-state index in [0.717, 1.165) is 31.4 Å². The Morgan fingerprint density at radius 3 is 2.76 bits per heavy atom. The number of nitrogens with one attached hydrogen (secondary N) is 2. The third-order valence-electron chi connectivity index (χ3n) is 4.94. The van der Waals surface area contributed by atoms with Crippen LogP contribution >= 0.6 is 0 Å². The zero-order chi connectivity index (χ0) is 17.2. The molecule has 2 heterocycles. The molecule has 1 saturated heterocycles. The van der Waals surface area contributed by atoms with Gasteiger partial charge in [0.1, 0.15) is 6.54 Å². The summed E-state index contributed by atoms with van der Waals surface area (Å²) < 4.78 is 1.76. The number of urea groups is 1. The zero-order valence-corrected chi connectivity index (χ0v) is 13.9. The van der Waals surface area contributed by atoms with Crippen molar-refractivity contribution in [3.05, 3.63) is 42.7 Å². The summed E-state index contributed by atoms with van der Waals surface area (Å²) in [6, 6.07) is 9.31. The first-order valence-electron chi connectivity index (χ1n) is 8.68. The molecule has 25 heavy (non-hydrogen) atoms. The van der Waals surface area contributed by atoms with Crippen LogP contribution in [-0.2, 0) is 4.79 Å². The van der Waals surface area contributed by atoms with Crippen LogP contribution in [0.2, 0.25) is 0 Å². The molecular weight excluding hydrogens is 318 g/mol. The SMILES string of the molecule is O=C1CN(C(=O)Nc2ccc(-n3cccn3)cc2)[C@@H]2CCCC[C@@H]2N1. The summed E-state index contributed by atoms with van der Waals surface area (Å²) in [5.41, 5.74) is 1.63. The quantitative estimate of drug-likeness (QED) is 0.880. The monoisotopic (exact) mass is 339 g/mol. The molecule has 7 heteroatoms. The van der Waals surface area contributed by atoms with Crippen LogP contribution in [0.15, 0.2) is 42.7 Å². The lowest BCUT2D eigenvalue weighted by Gasteiger charge is -2.43. The number of piperazine rings is 1. The first kappa shape index (κ1) is 15.7. The van der Waals surface area contributed by atoms with Gasteiger partial charge in [-0.05, 0) is 43.2 Å². The van der Waals surface area contributed by atoms with Gasteiger partial charge in [0.2, 0.25) is 5.91 Å². The molecule has 1 aliphatic heterocycles. The summed E-state index contributed by atoms with van der Waals surface area (Å²) >= 11 is 0. The number of hydrogen-bond donors (Lipinski definition) is 2. The number of hydrogen-bond acceptors (Lipinski definition) is 3. The molecule has 2 aliphatic rings. The minimum absolute atomic E-state index is 0.0765. The third-order valence-corrected chi connectivity index (χ3v) is 4.94. The average Bonchev–Trinajstić information content (AvgIpc) is 3.16. The van der Waals surface area contributed by atoms with E-state index in [2.05, 4.69) is 15.7 Å². The topological polar surface area (TPSA) is 79.3 Å². The molecule has 7 nitrogen and oxygen atoms in total. The molecule has 1 aliphatic carbocycles. The summed E-state index contributed by atoms with van der Waals surface area (Å²) in [5.74, 6) is -0.0765. The van der Waals surface area contributed by atoms with Crippen LogP contribution < -0.4 is 10.6 Å². The number of nitrogens with zero attached hydrogens (tertiary/aromatic N) is 3. The van der Waals surface area contributed by atoms with Gasteiger partial charge in [0, 0.05) is 24.1 Å². The maximum absolute atomic E-state index is 12.7. The first-order chi connectivity index (χ1) is 12.2. The molecule has 2 N–H and O–H groups in total. The van der Waals surface area contributed by atoms with Crippen LogP contribution in [0.25, 0.3) is 5.69 Å². The Bertz CT molecular complexity index is 756. The van der Waals surface area contributed by atoms with Crippen LogP contribution in [0.3, 0.4) is 0 Å². The average molecular weight is 339 g/mol. The lowest BCUT2D eigenvalue weighted by molar-refractivity contribution is -0.126. The number of fused-ring (bicyclic) bond motifs is 1. The second-order valence-corrected chi connectivity index (χ2v) is 6.58. The zero-order valence-electron chi connectivity index (χ0n) is 13.9. The van der Waals surface area contributed by atoms with E-state index in [9.17, 15) is 9.59 Å². The van der Waals surface area contributed by atoms with Crippen molar-refractivity contribution in [1.82, 2.24) is 20.0 Å². The molecule has 4 rings (SSSR count). The maximum atomic E-state index is 12.7. The van der Waals surface area contributed by atoms with Gasteiger partial charge in [-0.15, -0.1) is 0 Å². The Labute approximate surface area is 146 Å². The second-order valence-electron chi connectivity index (χ2n) is 6.58. The van der Waals surface area contributed by atoms with Gasteiger partial charge in [0.15, 0.2) is 0 Å². The number of carbonyl (C=O) groups excluding carboxylic acids is 2. The lowest BCUT2D eigenvalue weighted by atomic mass is 9.87. The molecule has 1 saturated carbocycles. The number of carbonyl (C=O) groups is 2. The highest BCUT2D eigenvalue weighted by Crippen LogP contribution is 2.26. The largest absolute Gasteiger partial charge is 0.350 e.